The smallest absolute Gasteiger partial charge is 0.306 e. The van der Waals surface area contributed by atoms with Gasteiger partial charge in [0.15, 0.2) is 5.00 Å². The number of rotatable bonds is 5. The quantitative estimate of drug-likeness (QED) is 0.425. The topological polar surface area (TPSA) is 127 Å². The largest absolute Gasteiger partial charge is 0.310 e. The minimum atomic E-state index is -3.72. The number of nitro groups is 1. The molecule has 1 heterocycles. The fourth-order valence-corrected chi connectivity index (χ4v) is 4.61. The standard InChI is InChI=1S/C9H14N4O4S2/c10-11-9-7(13(14)15)5-8(18-9)19(16,17)12-6-3-1-2-4-6/h5-6,11-12H,1-4,10H2. The van der Waals surface area contributed by atoms with Crippen LogP contribution in [0.5, 0.6) is 0 Å². The SMILES string of the molecule is NNc1sc(S(=O)(=O)NC2CCCC2)cc1[N+](=O)[O-]. The maximum atomic E-state index is 12.1. The fourth-order valence-electron chi connectivity index (χ4n) is 2.05. The molecular weight excluding hydrogens is 292 g/mol. The average Bonchev–Trinajstić information content (AvgIpc) is 2.95. The zero-order valence-electron chi connectivity index (χ0n) is 9.96. The molecule has 0 bridgehead atoms. The van der Waals surface area contributed by atoms with Gasteiger partial charge in [-0.2, -0.15) is 0 Å². The lowest BCUT2D eigenvalue weighted by molar-refractivity contribution is -0.383. The highest BCUT2D eigenvalue weighted by molar-refractivity contribution is 7.91. The van der Waals surface area contributed by atoms with Crippen LogP contribution in [-0.4, -0.2) is 19.4 Å². The molecule has 0 aliphatic heterocycles. The van der Waals surface area contributed by atoms with Gasteiger partial charge in [-0.05, 0) is 12.8 Å². The number of nitrogens with two attached hydrogens (primary N) is 1. The van der Waals surface area contributed by atoms with Crippen LogP contribution in [0.2, 0.25) is 0 Å². The maximum Gasteiger partial charge on any atom is 0.306 e. The molecule has 1 aliphatic rings. The number of sulfonamides is 1. The number of hydrazine groups is 1. The van der Waals surface area contributed by atoms with Gasteiger partial charge in [-0.25, -0.2) is 19.0 Å². The van der Waals surface area contributed by atoms with Gasteiger partial charge in [-0.15, -0.1) is 0 Å². The molecule has 19 heavy (non-hydrogen) atoms. The van der Waals surface area contributed by atoms with E-state index in [-0.39, 0.29) is 20.9 Å². The van der Waals surface area contributed by atoms with Gasteiger partial charge in [0.05, 0.1) is 4.92 Å². The molecule has 0 unspecified atom stereocenters. The number of hydrogen-bond donors (Lipinski definition) is 3. The van der Waals surface area contributed by atoms with Crippen LogP contribution in [0.1, 0.15) is 25.7 Å². The van der Waals surface area contributed by atoms with Crippen LogP contribution >= 0.6 is 11.3 Å². The molecule has 0 radical (unpaired) electrons. The Hall–Kier alpha value is -1.23. The van der Waals surface area contributed by atoms with Crippen LogP contribution in [0.3, 0.4) is 0 Å². The summed E-state index contributed by atoms with van der Waals surface area (Å²) >= 11 is 0.750. The van der Waals surface area contributed by atoms with Gasteiger partial charge in [0.1, 0.15) is 4.21 Å². The first kappa shape index (κ1) is 14.2. The van der Waals surface area contributed by atoms with E-state index in [0.717, 1.165) is 43.1 Å². The van der Waals surface area contributed by atoms with Crippen molar-refractivity contribution in [1.82, 2.24) is 4.72 Å². The highest BCUT2D eigenvalue weighted by atomic mass is 32.2. The predicted molar refractivity (Wildman–Crippen MR) is 71.4 cm³/mol. The lowest BCUT2D eigenvalue weighted by Gasteiger charge is -2.10. The van der Waals surface area contributed by atoms with E-state index in [1.54, 1.807) is 0 Å². The summed E-state index contributed by atoms with van der Waals surface area (Å²) in [6.07, 6.45) is 3.59. The summed E-state index contributed by atoms with van der Waals surface area (Å²) in [5.41, 5.74) is 1.81. The third kappa shape index (κ3) is 3.03. The van der Waals surface area contributed by atoms with Crippen LogP contribution in [0.4, 0.5) is 10.7 Å². The van der Waals surface area contributed by atoms with Crippen molar-refractivity contribution in [3.8, 4) is 0 Å². The molecule has 10 heteroatoms. The third-order valence-corrected chi connectivity index (χ3v) is 6.01. The Morgan fingerprint density at radius 1 is 1.42 bits per heavy atom. The predicted octanol–water partition coefficient (Wildman–Crippen LogP) is 1.16. The van der Waals surface area contributed by atoms with Crippen LogP contribution in [0, 0.1) is 10.1 Å². The van der Waals surface area contributed by atoms with E-state index in [2.05, 4.69) is 10.1 Å². The minimum absolute atomic E-state index is 0.0248. The zero-order chi connectivity index (χ0) is 14.0. The summed E-state index contributed by atoms with van der Waals surface area (Å²) in [5, 5.41) is 10.8. The second kappa shape index (κ2) is 5.41. The van der Waals surface area contributed by atoms with Crippen LogP contribution < -0.4 is 16.0 Å². The summed E-state index contributed by atoms with van der Waals surface area (Å²) in [7, 11) is -3.72. The Balaban J connectivity index is 2.27. The molecule has 0 spiro atoms. The second-order valence-electron chi connectivity index (χ2n) is 4.28. The van der Waals surface area contributed by atoms with Gasteiger partial charge in [-0.1, -0.05) is 24.2 Å². The van der Waals surface area contributed by atoms with Crippen molar-refractivity contribution in [3.63, 3.8) is 0 Å². The van der Waals surface area contributed by atoms with Crippen LogP contribution in [0.25, 0.3) is 0 Å². The Labute approximate surface area is 114 Å². The van der Waals surface area contributed by atoms with Crippen LogP contribution in [0.15, 0.2) is 10.3 Å². The number of thiophene rings is 1. The molecule has 1 fully saturated rings. The van der Waals surface area contributed by atoms with Gasteiger partial charge < -0.3 is 5.43 Å². The molecule has 106 valence electrons. The Bertz CT molecular complexity index is 577. The number of nitrogens with one attached hydrogen (secondary N) is 2. The number of nitrogens with zero attached hydrogens (tertiary/aromatic N) is 1. The molecular formula is C9H14N4O4S2. The first-order valence-electron chi connectivity index (χ1n) is 5.71. The molecule has 0 aromatic carbocycles. The molecule has 1 aromatic heterocycles. The van der Waals surface area contributed by atoms with Crippen LogP contribution in [-0.2, 0) is 10.0 Å². The summed E-state index contributed by atoms with van der Waals surface area (Å²) in [6, 6.07) is 0.942. The maximum absolute atomic E-state index is 12.1. The molecule has 0 atom stereocenters. The summed E-state index contributed by atoms with van der Waals surface area (Å²) < 4.78 is 26.7. The molecule has 4 N–H and O–H groups in total. The fraction of sp³-hybridized carbons (Fsp3) is 0.556. The van der Waals surface area contributed by atoms with Crippen molar-refractivity contribution in [3.05, 3.63) is 16.2 Å². The Morgan fingerprint density at radius 2 is 2.05 bits per heavy atom. The van der Waals surface area contributed by atoms with E-state index >= 15 is 0 Å². The number of anilines is 1. The Morgan fingerprint density at radius 3 is 2.53 bits per heavy atom. The van der Waals surface area contributed by atoms with E-state index in [0.29, 0.717) is 0 Å². The van der Waals surface area contributed by atoms with E-state index in [9.17, 15) is 18.5 Å². The lowest BCUT2D eigenvalue weighted by Crippen LogP contribution is -2.32. The van der Waals surface area contributed by atoms with E-state index < -0.39 is 14.9 Å². The van der Waals surface area contributed by atoms with Crippen molar-refractivity contribution in [2.75, 3.05) is 5.43 Å². The molecule has 1 aliphatic carbocycles. The normalized spacial score (nSPS) is 16.7. The summed E-state index contributed by atoms with van der Waals surface area (Å²) in [5.74, 6) is 5.15. The number of nitrogen functional groups attached to an aromatic ring is 1. The number of hydrogen-bond acceptors (Lipinski definition) is 7. The van der Waals surface area contributed by atoms with Gasteiger partial charge in [0, 0.05) is 12.1 Å². The molecule has 8 nitrogen and oxygen atoms in total. The van der Waals surface area contributed by atoms with Gasteiger partial charge in [0.25, 0.3) is 10.0 Å². The Kier molecular flexibility index (Phi) is 4.04. The first-order chi connectivity index (χ1) is 8.94. The van der Waals surface area contributed by atoms with E-state index in [1.165, 1.54) is 0 Å². The lowest BCUT2D eigenvalue weighted by atomic mass is 10.3. The molecule has 1 saturated carbocycles. The highest BCUT2D eigenvalue weighted by Crippen LogP contribution is 2.36. The monoisotopic (exact) mass is 306 g/mol. The molecule has 0 amide bonds. The highest BCUT2D eigenvalue weighted by Gasteiger charge is 2.28. The minimum Gasteiger partial charge on any atom is -0.310 e. The second-order valence-corrected chi connectivity index (χ2v) is 7.28. The van der Waals surface area contributed by atoms with E-state index in [1.807, 2.05) is 0 Å². The molecule has 0 saturated heterocycles. The van der Waals surface area contributed by atoms with Crippen molar-refractivity contribution >= 4 is 32.0 Å². The molecule has 1 aromatic rings. The first-order valence-corrected chi connectivity index (χ1v) is 8.01. The zero-order valence-corrected chi connectivity index (χ0v) is 11.6. The summed E-state index contributed by atoms with van der Waals surface area (Å²) in [6.45, 7) is 0. The third-order valence-electron chi connectivity index (χ3n) is 2.96. The van der Waals surface area contributed by atoms with Crippen molar-refractivity contribution in [1.29, 1.82) is 0 Å². The average molecular weight is 306 g/mol. The van der Waals surface area contributed by atoms with Gasteiger partial charge >= 0.3 is 5.69 Å². The molecule has 2 rings (SSSR count). The van der Waals surface area contributed by atoms with E-state index in [4.69, 9.17) is 5.84 Å². The van der Waals surface area contributed by atoms with Crippen molar-refractivity contribution in [2.45, 2.75) is 35.9 Å². The summed E-state index contributed by atoms with van der Waals surface area (Å²) in [4.78, 5) is 10.1. The van der Waals surface area contributed by atoms with Crippen molar-refractivity contribution in [2.24, 2.45) is 5.84 Å². The van der Waals surface area contributed by atoms with Gasteiger partial charge in [-0.3, -0.25) is 10.1 Å². The van der Waals surface area contributed by atoms with Gasteiger partial charge in [0.2, 0.25) is 0 Å². The van der Waals surface area contributed by atoms with Crippen molar-refractivity contribution < 1.29 is 13.3 Å².